The Balaban J connectivity index is 1.63. The molecule has 0 unspecified atom stereocenters. The highest BCUT2D eigenvalue weighted by atomic mass is 32.2. The second-order valence-electron chi connectivity index (χ2n) is 6.84. The standard InChI is InChI=1S/C20H24N2O3S3/c1-14(2)22-18-9-8-17(12-19(18)27-20(22)23)28(24,25)21-10-11-26-13-16-7-5-4-6-15(16)3/h4-9,12,14,21H,10-11,13H2,1-3H3. The molecule has 3 aromatic rings. The van der Waals surface area contributed by atoms with Gasteiger partial charge in [-0.3, -0.25) is 9.36 Å². The van der Waals surface area contributed by atoms with Gasteiger partial charge in [0.15, 0.2) is 0 Å². The van der Waals surface area contributed by atoms with Crippen LogP contribution in [0.2, 0.25) is 0 Å². The Labute approximate surface area is 173 Å². The lowest BCUT2D eigenvalue weighted by atomic mass is 10.1. The van der Waals surface area contributed by atoms with Crippen molar-refractivity contribution in [2.75, 3.05) is 12.3 Å². The van der Waals surface area contributed by atoms with Crippen molar-refractivity contribution in [1.29, 1.82) is 0 Å². The Morgan fingerprint density at radius 3 is 2.64 bits per heavy atom. The summed E-state index contributed by atoms with van der Waals surface area (Å²) in [6, 6.07) is 13.1. The third-order valence-corrected chi connectivity index (χ3v) is 7.85. The van der Waals surface area contributed by atoms with E-state index in [9.17, 15) is 13.2 Å². The number of fused-ring (bicyclic) bond motifs is 1. The summed E-state index contributed by atoms with van der Waals surface area (Å²) in [6.45, 7) is 6.32. The zero-order valence-corrected chi connectivity index (χ0v) is 18.6. The molecule has 0 aliphatic carbocycles. The Kier molecular flexibility index (Phi) is 6.65. The lowest BCUT2D eigenvalue weighted by molar-refractivity contribution is 0.584. The molecule has 0 saturated carbocycles. The molecule has 28 heavy (non-hydrogen) atoms. The molecule has 8 heteroatoms. The normalized spacial score (nSPS) is 12.1. The fourth-order valence-corrected chi connectivity index (χ4v) is 6.21. The predicted molar refractivity (Wildman–Crippen MR) is 119 cm³/mol. The molecule has 1 aromatic heterocycles. The lowest BCUT2D eigenvalue weighted by Gasteiger charge is -2.09. The van der Waals surface area contributed by atoms with E-state index in [0.717, 1.165) is 22.6 Å². The first-order valence-electron chi connectivity index (χ1n) is 9.06. The maximum absolute atomic E-state index is 12.6. The van der Waals surface area contributed by atoms with Gasteiger partial charge in [-0.2, -0.15) is 11.8 Å². The van der Waals surface area contributed by atoms with Gasteiger partial charge in [0.25, 0.3) is 0 Å². The minimum Gasteiger partial charge on any atom is -0.296 e. The molecule has 1 N–H and O–H groups in total. The van der Waals surface area contributed by atoms with Crippen LogP contribution in [-0.2, 0) is 15.8 Å². The van der Waals surface area contributed by atoms with Gasteiger partial charge in [-0.25, -0.2) is 13.1 Å². The van der Waals surface area contributed by atoms with Crippen molar-refractivity contribution in [3.8, 4) is 0 Å². The Bertz CT molecular complexity index is 1130. The van der Waals surface area contributed by atoms with Gasteiger partial charge in [0.05, 0.1) is 15.1 Å². The first-order valence-corrected chi connectivity index (χ1v) is 12.5. The van der Waals surface area contributed by atoms with Crippen LogP contribution in [0.5, 0.6) is 0 Å². The second kappa shape index (κ2) is 8.82. The van der Waals surface area contributed by atoms with Crippen LogP contribution in [0.25, 0.3) is 10.2 Å². The zero-order valence-electron chi connectivity index (χ0n) is 16.1. The van der Waals surface area contributed by atoms with Crippen LogP contribution in [0.1, 0.15) is 31.0 Å². The SMILES string of the molecule is Cc1ccccc1CSCCNS(=O)(=O)c1ccc2c(c1)sc(=O)n2C(C)C. The summed E-state index contributed by atoms with van der Waals surface area (Å²) in [7, 11) is -3.60. The number of thioether (sulfide) groups is 1. The smallest absolute Gasteiger partial charge is 0.296 e. The van der Waals surface area contributed by atoms with Crippen molar-refractivity contribution in [2.24, 2.45) is 0 Å². The molecular weight excluding hydrogens is 412 g/mol. The molecule has 0 spiro atoms. The predicted octanol–water partition coefficient (Wildman–Crippen LogP) is 4.16. The summed E-state index contributed by atoms with van der Waals surface area (Å²) in [5, 5.41) is 0. The number of hydrogen-bond donors (Lipinski definition) is 1. The van der Waals surface area contributed by atoms with Crippen molar-refractivity contribution < 1.29 is 8.42 Å². The van der Waals surface area contributed by atoms with E-state index in [0.29, 0.717) is 17.0 Å². The van der Waals surface area contributed by atoms with Crippen molar-refractivity contribution in [1.82, 2.24) is 9.29 Å². The van der Waals surface area contributed by atoms with Crippen molar-refractivity contribution in [3.05, 3.63) is 63.3 Å². The molecule has 0 aliphatic heterocycles. The van der Waals surface area contributed by atoms with E-state index in [4.69, 9.17) is 0 Å². The number of sulfonamides is 1. The highest BCUT2D eigenvalue weighted by molar-refractivity contribution is 7.98. The summed E-state index contributed by atoms with van der Waals surface area (Å²) < 4.78 is 30.2. The average Bonchev–Trinajstić information content (AvgIpc) is 2.97. The number of rotatable bonds is 8. The Hall–Kier alpha value is -1.61. The van der Waals surface area contributed by atoms with Gasteiger partial charge in [0.1, 0.15) is 0 Å². The molecule has 150 valence electrons. The summed E-state index contributed by atoms with van der Waals surface area (Å²) in [6.07, 6.45) is 0. The summed E-state index contributed by atoms with van der Waals surface area (Å²) in [5.41, 5.74) is 3.29. The van der Waals surface area contributed by atoms with Crippen molar-refractivity contribution in [2.45, 2.75) is 37.5 Å². The number of nitrogens with one attached hydrogen (secondary N) is 1. The maximum Gasteiger partial charge on any atom is 0.308 e. The monoisotopic (exact) mass is 436 g/mol. The van der Waals surface area contributed by atoms with Crippen LogP contribution in [0, 0.1) is 6.92 Å². The quantitative estimate of drug-likeness (QED) is 0.538. The van der Waals surface area contributed by atoms with Crippen molar-refractivity contribution in [3.63, 3.8) is 0 Å². The van der Waals surface area contributed by atoms with Crippen molar-refractivity contribution >= 4 is 43.3 Å². The summed E-state index contributed by atoms with van der Waals surface area (Å²) in [4.78, 5) is 12.3. The molecule has 2 aromatic carbocycles. The molecule has 0 atom stereocenters. The number of thiazole rings is 1. The van der Waals surface area contributed by atoms with Gasteiger partial charge in [-0.1, -0.05) is 35.6 Å². The molecule has 0 aliphatic rings. The first-order chi connectivity index (χ1) is 13.3. The Morgan fingerprint density at radius 1 is 1.18 bits per heavy atom. The molecule has 0 bridgehead atoms. The molecule has 5 nitrogen and oxygen atoms in total. The van der Waals surface area contributed by atoms with Gasteiger partial charge in [-0.15, -0.1) is 0 Å². The number of nitrogens with zero attached hydrogens (tertiary/aromatic N) is 1. The highest BCUT2D eigenvalue weighted by Gasteiger charge is 2.17. The third kappa shape index (κ3) is 4.68. The van der Waals surface area contributed by atoms with Crippen LogP contribution >= 0.6 is 23.1 Å². The summed E-state index contributed by atoms with van der Waals surface area (Å²) >= 11 is 2.78. The zero-order chi connectivity index (χ0) is 20.3. The summed E-state index contributed by atoms with van der Waals surface area (Å²) in [5.74, 6) is 1.55. The second-order valence-corrected chi connectivity index (χ2v) is 10.7. The Morgan fingerprint density at radius 2 is 1.93 bits per heavy atom. The number of benzene rings is 2. The van der Waals surface area contributed by atoms with E-state index >= 15 is 0 Å². The highest BCUT2D eigenvalue weighted by Crippen LogP contribution is 2.24. The van der Waals surface area contributed by atoms with Crippen LogP contribution in [0.15, 0.2) is 52.2 Å². The molecule has 1 heterocycles. The van der Waals surface area contributed by atoms with Gasteiger partial charge in [0.2, 0.25) is 10.0 Å². The van der Waals surface area contributed by atoms with Gasteiger partial charge < -0.3 is 0 Å². The maximum atomic E-state index is 12.6. The molecular formula is C20H24N2O3S3. The van der Waals surface area contributed by atoms with E-state index in [1.165, 1.54) is 11.1 Å². The van der Waals surface area contributed by atoms with Gasteiger partial charge in [0, 0.05) is 24.1 Å². The largest absolute Gasteiger partial charge is 0.308 e. The minimum absolute atomic E-state index is 0.0344. The fourth-order valence-electron chi connectivity index (χ4n) is 2.96. The van der Waals surface area contributed by atoms with Crippen LogP contribution < -0.4 is 9.60 Å². The van der Waals surface area contributed by atoms with Crippen LogP contribution in [0.4, 0.5) is 0 Å². The molecule has 0 radical (unpaired) electrons. The van der Waals surface area contributed by atoms with Crippen LogP contribution in [0.3, 0.4) is 0 Å². The molecule has 0 saturated heterocycles. The number of aromatic nitrogens is 1. The fraction of sp³-hybridized carbons (Fsp3) is 0.350. The van der Waals surface area contributed by atoms with E-state index < -0.39 is 10.0 Å². The van der Waals surface area contributed by atoms with E-state index in [2.05, 4.69) is 23.8 Å². The topological polar surface area (TPSA) is 68.2 Å². The molecule has 3 rings (SSSR count). The van der Waals surface area contributed by atoms with Crippen LogP contribution in [-0.4, -0.2) is 25.3 Å². The van der Waals surface area contributed by atoms with Gasteiger partial charge in [-0.05, 0) is 50.1 Å². The number of hydrogen-bond acceptors (Lipinski definition) is 5. The van der Waals surface area contributed by atoms with E-state index in [-0.39, 0.29) is 15.8 Å². The number of aryl methyl sites for hydroxylation is 1. The molecule has 0 fully saturated rings. The average molecular weight is 437 g/mol. The molecule has 0 amide bonds. The van der Waals surface area contributed by atoms with E-state index in [1.807, 2.05) is 26.0 Å². The van der Waals surface area contributed by atoms with E-state index in [1.54, 1.807) is 34.5 Å². The lowest BCUT2D eigenvalue weighted by Crippen LogP contribution is -2.26. The minimum atomic E-state index is -3.60. The van der Waals surface area contributed by atoms with Gasteiger partial charge >= 0.3 is 4.87 Å². The third-order valence-electron chi connectivity index (χ3n) is 4.47. The first kappa shape index (κ1) is 21.1.